The average Bonchev–Trinajstić information content (AvgIpc) is 3.18. The third-order valence-electron chi connectivity index (χ3n) is 6.15. The molecule has 0 aliphatic carbocycles. The number of pyridine rings is 2. The van der Waals surface area contributed by atoms with Gasteiger partial charge in [-0.05, 0) is 48.4 Å². The minimum atomic E-state index is -0.521. The van der Waals surface area contributed by atoms with Crippen LogP contribution in [0, 0.1) is 6.92 Å². The summed E-state index contributed by atoms with van der Waals surface area (Å²) in [7, 11) is 0. The molecule has 3 aromatic carbocycles. The molecule has 0 bridgehead atoms. The summed E-state index contributed by atoms with van der Waals surface area (Å²) in [5.74, 6) is -0.521. The van der Waals surface area contributed by atoms with Gasteiger partial charge < -0.3 is 10.3 Å². The number of aryl methyl sites for hydroxylation is 1. The molecule has 5 nitrogen and oxygen atoms in total. The molecule has 3 heterocycles. The molecule has 0 unspecified atom stereocenters. The van der Waals surface area contributed by atoms with Crippen molar-refractivity contribution in [1.82, 2.24) is 14.5 Å². The number of hydrogen-bond donors (Lipinski definition) is 1. The zero-order valence-electron chi connectivity index (χ0n) is 18.0. The highest BCUT2D eigenvalue weighted by atomic mass is 16.1. The molecule has 158 valence electrons. The highest BCUT2D eigenvalue weighted by Crippen LogP contribution is 2.38. The average molecular weight is 428 g/mol. The largest absolute Gasteiger partial charge is 0.364 e. The van der Waals surface area contributed by atoms with Crippen molar-refractivity contribution in [3.05, 3.63) is 103 Å². The monoisotopic (exact) mass is 428 g/mol. The summed E-state index contributed by atoms with van der Waals surface area (Å²) in [4.78, 5) is 20.7. The van der Waals surface area contributed by atoms with E-state index in [1.807, 2.05) is 43.5 Å². The first-order valence-corrected chi connectivity index (χ1v) is 10.8. The van der Waals surface area contributed by atoms with Crippen LogP contribution in [0.15, 0.2) is 91.3 Å². The predicted octanol–water partition coefficient (Wildman–Crippen LogP) is 5.80. The Kier molecular flexibility index (Phi) is 4.23. The van der Waals surface area contributed by atoms with Crippen LogP contribution in [0.1, 0.15) is 16.1 Å². The summed E-state index contributed by atoms with van der Waals surface area (Å²) in [5, 5.41) is 3.41. The van der Waals surface area contributed by atoms with Gasteiger partial charge in [-0.1, -0.05) is 48.5 Å². The minimum absolute atomic E-state index is 0.294. The molecule has 0 fully saturated rings. The van der Waals surface area contributed by atoms with Gasteiger partial charge in [-0.25, -0.2) is 4.98 Å². The van der Waals surface area contributed by atoms with Crippen LogP contribution in [0.3, 0.4) is 0 Å². The molecule has 5 heteroatoms. The van der Waals surface area contributed by atoms with Gasteiger partial charge in [-0.2, -0.15) is 0 Å². The molecule has 3 aromatic heterocycles. The maximum absolute atomic E-state index is 11.7. The number of amides is 1. The molecule has 0 spiro atoms. The van der Waals surface area contributed by atoms with Crippen LogP contribution in [-0.4, -0.2) is 20.4 Å². The van der Waals surface area contributed by atoms with E-state index in [0.29, 0.717) is 5.69 Å². The number of hydrogen-bond acceptors (Lipinski definition) is 3. The molecule has 0 atom stereocenters. The molecular weight excluding hydrogens is 408 g/mol. The van der Waals surface area contributed by atoms with Gasteiger partial charge in [0.05, 0.1) is 28.4 Å². The van der Waals surface area contributed by atoms with Crippen molar-refractivity contribution in [3.63, 3.8) is 0 Å². The number of para-hydroxylation sites is 2. The number of nitrogens with two attached hydrogens (primary N) is 1. The van der Waals surface area contributed by atoms with Gasteiger partial charge in [-0.15, -0.1) is 0 Å². The van der Waals surface area contributed by atoms with Crippen molar-refractivity contribution in [2.24, 2.45) is 5.73 Å². The maximum atomic E-state index is 11.7. The number of aromatic nitrogens is 3. The SMILES string of the molecule is Cc1cc(-n2c3ccccc3c3c(-c4cnc5ccccc5c4)cccc32)cnc1C(N)=O. The van der Waals surface area contributed by atoms with E-state index in [9.17, 15) is 4.79 Å². The van der Waals surface area contributed by atoms with Gasteiger partial charge in [0.1, 0.15) is 5.69 Å². The van der Waals surface area contributed by atoms with Crippen molar-refractivity contribution >= 4 is 38.6 Å². The van der Waals surface area contributed by atoms with Crippen LogP contribution in [0.2, 0.25) is 0 Å². The molecule has 0 saturated heterocycles. The zero-order chi connectivity index (χ0) is 22.5. The number of carbonyl (C=O) groups is 1. The first-order valence-electron chi connectivity index (χ1n) is 10.8. The molecule has 0 aliphatic rings. The Morgan fingerprint density at radius 2 is 1.64 bits per heavy atom. The van der Waals surface area contributed by atoms with Crippen molar-refractivity contribution in [2.45, 2.75) is 6.92 Å². The standard InChI is InChI=1S/C28H20N4O/c1-17-13-20(16-31-27(17)28(29)33)32-24-11-5-3-8-22(24)26-21(9-6-12-25(26)32)19-14-18-7-2-4-10-23(18)30-15-19/h2-16H,1H3,(H2,29,33). The van der Waals surface area contributed by atoms with E-state index in [1.165, 1.54) is 0 Å². The fourth-order valence-corrected chi connectivity index (χ4v) is 4.70. The van der Waals surface area contributed by atoms with E-state index >= 15 is 0 Å². The smallest absolute Gasteiger partial charge is 0.267 e. The number of nitrogens with zero attached hydrogens (tertiary/aromatic N) is 3. The summed E-state index contributed by atoms with van der Waals surface area (Å²) in [6.07, 6.45) is 3.65. The van der Waals surface area contributed by atoms with Crippen molar-refractivity contribution in [3.8, 4) is 16.8 Å². The number of primary amides is 1. The Morgan fingerprint density at radius 3 is 2.48 bits per heavy atom. The fraction of sp³-hybridized carbons (Fsp3) is 0.0357. The number of benzene rings is 3. The first-order chi connectivity index (χ1) is 16.1. The lowest BCUT2D eigenvalue weighted by molar-refractivity contribution is 0.0995. The third-order valence-corrected chi connectivity index (χ3v) is 6.15. The van der Waals surface area contributed by atoms with E-state index < -0.39 is 5.91 Å². The van der Waals surface area contributed by atoms with Gasteiger partial charge in [0.15, 0.2) is 0 Å². The van der Waals surface area contributed by atoms with E-state index in [1.54, 1.807) is 6.20 Å². The fourth-order valence-electron chi connectivity index (χ4n) is 4.70. The van der Waals surface area contributed by atoms with Gasteiger partial charge in [0.25, 0.3) is 5.91 Å². The summed E-state index contributed by atoms with van der Waals surface area (Å²) < 4.78 is 2.19. The van der Waals surface area contributed by atoms with E-state index in [-0.39, 0.29) is 0 Å². The second-order valence-corrected chi connectivity index (χ2v) is 8.19. The molecule has 6 aromatic rings. The van der Waals surface area contributed by atoms with Gasteiger partial charge >= 0.3 is 0 Å². The lowest BCUT2D eigenvalue weighted by Crippen LogP contribution is -2.15. The van der Waals surface area contributed by atoms with E-state index in [0.717, 1.165) is 55.1 Å². The topological polar surface area (TPSA) is 73.8 Å². The normalized spacial score (nSPS) is 11.4. The van der Waals surface area contributed by atoms with Crippen LogP contribution in [0.4, 0.5) is 0 Å². The molecule has 0 saturated carbocycles. The van der Waals surface area contributed by atoms with Crippen LogP contribution in [0.5, 0.6) is 0 Å². The number of rotatable bonds is 3. The second kappa shape index (κ2) is 7.28. The Balaban J connectivity index is 1.67. The Labute approximate surface area is 190 Å². The van der Waals surface area contributed by atoms with Gasteiger partial charge in [0.2, 0.25) is 0 Å². The second-order valence-electron chi connectivity index (χ2n) is 8.19. The Morgan fingerprint density at radius 1 is 0.848 bits per heavy atom. The van der Waals surface area contributed by atoms with Crippen LogP contribution in [0.25, 0.3) is 49.5 Å². The molecule has 6 rings (SSSR count). The van der Waals surface area contributed by atoms with Crippen LogP contribution in [-0.2, 0) is 0 Å². The highest BCUT2D eigenvalue weighted by molar-refractivity contribution is 6.16. The summed E-state index contributed by atoms with van der Waals surface area (Å²) in [5.41, 5.74) is 12.7. The molecule has 2 N–H and O–H groups in total. The lowest BCUT2D eigenvalue weighted by Gasteiger charge is -2.10. The van der Waals surface area contributed by atoms with Crippen molar-refractivity contribution in [2.75, 3.05) is 0 Å². The molecule has 1 amide bonds. The predicted molar refractivity (Wildman–Crippen MR) is 133 cm³/mol. The molecule has 0 radical (unpaired) electrons. The Bertz CT molecular complexity index is 1710. The number of carbonyl (C=O) groups excluding carboxylic acids is 1. The van der Waals surface area contributed by atoms with E-state index in [4.69, 9.17) is 5.73 Å². The highest BCUT2D eigenvalue weighted by Gasteiger charge is 2.17. The third kappa shape index (κ3) is 2.97. The van der Waals surface area contributed by atoms with Crippen molar-refractivity contribution in [1.29, 1.82) is 0 Å². The maximum Gasteiger partial charge on any atom is 0.267 e. The summed E-state index contributed by atoms with van der Waals surface area (Å²) >= 11 is 0. The molecular formula is C28H20N4O. The molecule has 33 heavy (non-hydrogen) atoms. The van der Waals surface area contributed by atoms with Crippen LogP contribution < -0.4 is 5.73 Å². The van der Waals surface area contributed by atoms with Gasteiger partial charge in [-0.3, -0.25) is 9.78 Å². The molecule has 0 aliphatic heterocycles. The Hall–Kier alpha value is -4.51. The zero-order valence-corrected chi connectivity index (χ0v) is 18.0. The van der Waals surface area contributed by atoms with Crippen molar-refractivity contribution < 1.29 is 4.79 Å². The summed E-state index contributed by atoms with van der Waals surface area (Å²) in [6, 6.07) is 27.0. The summed E-state index contributed by atoms with van der Waals surface area (Å²) in [6.45, 7) is 1.86. The van der Waals surface area contributed by atoms with E-state index in [2.05, 4.69) is 63.1 Å². The van der Waals surface area contributed by atoms with Gasteiger partial charge in [0, 0.05) is 27.9 Å². The quantitative estimate of drug-likeness (QED) is 0.387. The lowest BCUT2D eigenvalue weighted by atomic mass is 9.99. The van der Waals surface area contributed by atoms with Crippen LogP contribution >= 0.6 is 0 Å². The number of fused-ring (bicyclic) bond motifs is 4. The first kappa shape index (κ1) is 19.2. The minimum Gasteiger partial charge on any atom is -0.364 e.